The molecule has 0 bridgehead atoms. The van der Waals surface area contributed by atoms with E-state index in [0.717, 1.165) is 37.6 Å². The molecule has 18 heteroatoms. The fourth-order valence-electron chi connectivity index (χ4n) is 7.35. The highest BCUT2D eigenvalue weighted by Crippen LogP contribution is 2.49. The molecule has 8 rings (SSSR count). The van der Waals surface area contributed by atoms with Crippen LogP contribution in [0.5, 0.6) is 17.4 Å². The molecule has 3 aromatic heterocycles. The van der Waals surface area contributed by atoms with Crippen molar-refractivity contribution in [1.29, 1.82) is 0 Å². The number of aliphatic carboxylic acids is 1. The van der Waals surface area contributed by atoms with Gasteiger partial charge in [0, 0.05) is 61.3 Å². The summed E-state index contributed by atoms with van der Waals surface area (Å²) in [6, 6.07) is 24.0. The number of para-hydroxylation sites is 1. The van der Waals surface area contributed by atoms with E-state index in [1.807, 2.05) is 19.1 Å². The number of halogens is 2. The minimum atomic E-state index is -4.44. The number of hydrogen-bond donors (Lipinski definition) is 2. The van der Waals surface area contributed by atoms with Gasteiger partial charge in [0.25, 0.3) is 10.1 Å². The maximum Gasteiger partial charge on any atom is 0.345 e. The SMILES string of the molecule is Cc1c(-c2c(-c3ccc(F)cc3)sc3ncnc(OC(Cc4ccccc4OCc4ccnc(-c5cccc(S(=O)(=O)O)c5)n4)C(=O)O)c23)ccc(OCCN2CCN(C)CC2)c1Cl. The van der Waals surface area contributed by atoms with Crippen molar-refractivity contribution in [2.24, 2.45) is 0 Å². The molecule has 1 atom stereocenters. The number of thiophene rings is 1. The summed E-state index contributed by atoms with van der Waals surface area (Å²) < 4.78 is 65.9. The van der Waals surface area contributed by atoms with E-state index < -0.39 is 28.0 Å². The summed E-state index contributed by atoms with van der Waals surface area (Å²) >= 11 is 8.37. The molecule has 1 aliphatic rings. The van der Waals surface area contributed by atoms with E-state index >= 15 is 0 Å². The summed E-state index contributed by atoms with van der Waals surface area (Å²) in [5.74, 6) is -0.488. The average molecular weight is 925 g/mol. The average Bonchev–Trinajstić information content (AvgIpc) is 3.68. The molecule has 0 saturated carbocycles. The molecule has 2 N–H and O–H groups in total. The third-order valence-corrected chi connectivity index (χ3v) is 13.3. The van der Waals surface area contributed by atoms with Gasteiger partial charge in [-0.25, -0.2) is 29.1 Å². The van der Waals surface area contributed by atoms with E-state index in [-0.39, 0.29) is 29.6 Å². The highest BCUT2D eigenvalue weighted by Gasteiger charge is 2.28. The van der Waals surface area contributed by atoms with Crippen molar-refractivity contribution in [3.63, 3.8) is 0 Å². The first kappa shape index (κ1) is 44.5. The van der Waals surface area contributed by atoms with Gasteiger partial charge in [0.2, 0.25) is 12.0 Å². The van der Waals surface area contributed by atoms with Crippen LogP contribution in [0.15, 0.2) is 108 Å². The van der Waals surface area contributed by atoms with Gasteiger partial charge in [0.15, 0.2) is 5.82 Å². The van der Waals surface area contributed by atoms with Gasteiger partial charge in [-0.15, -0.1) is 11.3 Å². The Morgan fingerprint density at radius 2 is 1.70 bits per heavy atom. The Kier molecular flexibility index (Phi) is 13.5. The van der Waals surface area contributed by atoms with Crippen molar-refractivity contribution < 1.29 is 41.5 Å². The molecule has 1 fully saturated rings. The fourth-order valence-corrected chi connectivity index (χ4v) is 9.24. The van der Waals surface area contributed by atoms with Crippen LogP contribution in [0.2, 0.25) is 5.02 Å². The lowest BCUT2D eigenvalue weighted by Crippen LogP contribution is -2.45. The van der Waals surface area contributed by atoms with Crippen molar-refractivity contribution in [3.05, 3.63) is 131 Å². The summed E-state index contributed by atoms with van der Waals surface area (Å²) in [6.45, 7) is 6.99. The van der Waals surface area contributed by atoms with Crippen LogP contribution in [0.25, 0.3) is 43.2 Å². The second-order valence-electron chi connectivity index (χ2n) is 15.1. The fraction of sp³-hybridized carbons (Fsp3) is 0.239. The lowest BCUT2D eigenvalue weighted by molar-refractivity contribution is -0.145. The summed E-state index contributed by atoms with van der Waals surface area (Å²) in [7, 11) is -2.33. The van der Waals surface area contributed by atoms with Crippen molar-refractivity contribution in [3.8, 4) is 50.3 Å². The van der Waals surface area contributed by atoms with E-state index in [1.54, 1.807) is 48.5 Å². The first-order valence-electron chi connectivity index (χ1n) is 20.2. The molecule has 64 heavy (non-hydrogen) atoms. The number of carboxylic acids is 1. The maximum atomic E-state index is 14.2. The van der Waals surface area contributed by atoms with Gasteiger partial charge >= 0.3 is 5.97 Å². The van der Waals surface area contributed by atoms with Crippen molar-refractivity contribution in [2.75, 3.05) is 46.4 Å². The molecular formula is C46H42ClFN6O8S2. The minimum absolute atomic E-state index is 0.0324. The molecule has 14 nitrogen and oxygen atoms in total. The van der Waals surface area contributed by atoms with E-state index in [1.165, 1.54) is 54.2 Å². The van der Waals surface area contributed by atoms with Gasteiger partial charge in [0.05, 0.1) is 21.0 Å². The molecule has 0 spiro atoms. The number of carboxylic acid groups (broad SMARTS) is 1. The van der Waals surface area contributed by atoms with Gasteiger partial charge < -0.3 is 24.2 Å². The Balaban J connectivity index is 1.07. The highest BCUT2D eigenvalue weighted by molar-refractivity contribution is 7.85. The Morgan fingerprint density at radius 1 is 0.922 bits per heavy atom. The first-order valence-corrected chi connectivity index (χ1v) is 22.8. The molecule has 4 heterocycles. The lowest BCUT2D eigenvalue weighted by atomic mass is 9.96. The second-order valence-corrected chi connectivity index (χ2v) is 17.9. The van der Waals surface area contributed by atoms with Gasteiger partial charge in [-0.2, -0.15) is 8.42 Å². The third-order valence-electron chi connectivity index (χ3n) is 10.8. The molecule has 1 aliphatic heterocycles. The summed E-state index contributed by atoms with van der Waals surface area (Å²) in [6.07, 6.45) is 1.25. The third kappa shape index (κ3) is 10.1. The van der Waals surface area contributed by atoms with E-state index in [4.69, 9.17) is 25.8 Å². The first-order chi connectivity index (χ1) is 30.8. The van der Waals surface area contributed by atoms with Crippen LogP contribution in [0.4, 0.5) is 4.39 Å². The second kappa shape index (κ2) is 19.3. The zero-order valence-corrected chi connectivity index (χ0v) is 37.0. The summed E-state index contributed by atoms with van der Waals surface area (Å²) in [5.41, 5.74) is 4.12. The van der Waals surface area contributed by atoms with Crippen LogP contribution in [0.3, 0.4) is 0 Å². The van der Waals surface area contributed by atoms with Crippen LogP contribution in [0.1, 0.15) is 16.8 Å². The number of ether oxygens (including phenoxy) is 3. The normalized spacial score (nSPS) is 14.1. The zero-order chi connectivity index (χ0) is 45.0. The predicted octanol–water partition coefficient (Wildman–Crippen LogP) is 8.11. The van der Waals surface area contributed by atoms with E-state index in [2.05, 4.69) is 36.8 Å². The number of fused-ring (bicyclic) bond motifs is 1. The van der Waals surface area contributed by atoms with Crippen molar-refractivity contribution in [1.82, 2.24) is 29.7 Å². The van der Waals surface area contributed by atoms with Crippen LogP contribution < -0.4 is 14.2 Å². The Hall–Kier alpha value is -6.08. The predicted molar refractivity (Wildman–Crippen MR) is 241 cm³/mol. The smallest absolute Gasteiger partial charge is 0.345 e. The number of hydrogen-bond acceptors (Lipinski definition) is 13. The highest BCUT2D eigenvalue weighted by atomic mass is 35.5. The van der Waals surface area contributed by atoms with Gasteiger partial charge in [-0.05, 0) is 78.7 Å². The number of aromatic nitrogens is 4. The van der Waals surface area contributed by atoms with E-state index in [9.17, 15) is 27.3 Å². The molecule has 0 radical (unpaired) electrons. The number of piperazine rings is 1. The number of nitrogens with zero attached hydrogens (tertiary/aromatic N) is 6. The number of carbonyl (C=O) groups is 1. The van der Waals surface area contributed by atoms with Crippen LogP contribution in [-0.2, 0) is 27.9 Å². The van der Waals surface area contributed by atoms with Gasteiger partial charge in [-0.3, -0.25) is 9.45 Å². The monoisotopic (exact) mass is 924 g/mol. The van der Waals surface area contributed by atoms with Crippen LogP contribution in [0, 0.1) is 12.7 Å². The van der Waals surface area contributed by atoms with Crippen LogP contribution in [-0.4, -0.2) is 106 Å². The summed E-state index contributed by atoms with van der Waals surface area (Å²) in [5, 5.41) is 11.5. The minimum Gasteiger partial charge on any atom is -0.491 e. The topological polar surface area (TPSA) is 177 Å². The molecule has 1 unspecified atom stereocenters. The molecule has 1 saturated heterocycles. The van der Waals surface area contributed by atoms with Crippen molar-refractivity contribution in [2.45, 2.75) is 31.0 Å². The van der Waals surface area contributed by atoms with Crippen molar-refractivity contribution >= 4 is 49.2 Å². The number of likely N-dealkylation sites (N-methyl/N-ethyl adjacent to an activating group) is 1. The molecule has 4 aromatic carbocycles. The Morgan fingerprint density at radius 3 is 2.47 bits per heavy atom. The van der Waals surface area contributed by atoms with Gasteiger partial charge in [-0.1, -0.05) is 60.1 Å². The number of rotatable bonds is 16. The molecular weight excluding hydrogens is 883 g/mol. The van der Waals surface area contributed by atoms with Crippen LogP contribution >= 0.6 is 22.9 Å². The lowest BCUT2D eigenvalue weighted by Gasteiger charge is -2.32. The Labute approximate surface area is 377 Å². The quantitative estimate of drug-likeness (QED) is 0.0889. The molecule has 0 amide bonds. The standard InChI is InChI=1S/C46H42ClFN6O8S2/c1-28-35(14-15-37(41(28)47)60-23-22-54-20-18-53(2)19-21-54)39-40-44(50-27-51-45(40)63-42(39)29-10-12-32(48)13-11-29)62-38(46(55)56)25-30-6-3-4-9-36(30)61-26-33-16-17-49-43(52-33)31-7-5-8-34(24-31)64(57,58)59/h3-17,24,27,38H,18-23,25-26H2,1-2H3,(H,55,56)(H,57,58,59). The zero-order valence-electron chi connectivity index (χ0n) is 34.6. The largest absolute Gasteiger partial charge is 0.491 e. The van der Waals surface area contributed by atoms with Gasteiger partial charge in [0.1, 0.15) is 41.7 Å². The summed E-state index contributed by atoms with van der Waals surface area (Å²) in [4.78, 5) is 36.4. The molecule has 330 valence electrons. The number of benzene rings is 4. The maximum absolute atomic E-state index is 14.2. The molecule has 7 aromatic rings. The van der Waals surface area contributed by atoms with E-state index in [0.29, 0.717) is 72.4 Å². The molecule has 0 aliphatic carbocycles. The Bertz CT molecular complexity index is 2930.